The Hall–Kier alpha value is -2.79. The summed E-state index contributed by atoms with van der Waals surface area (Å²) in [4.78, 5) is 34.5. The van der Waals surface area contributed by atoms with Crippen molar-refractivity contribution in [2.45, 2.75) is 24.1 Å². The molecule has 0 saturated carbocycles. The van der Waals surface area contributed by atoms with Crippen molar-refractivity contribution in [3.63, 3.8) is 0 Å². The summed E-state index contributed by atoms with van der Waals surface area (Å²) < 4.78 is 44.4. The van der Waals surface area contributed by atoms with Crippen molar-refractivity contribution in [3.05, 3.63) is 63.2 Å². The highest BCUT2D eigenvalue weighted by atomic mass is 35.5. The number of non-ortho nitro benzene ring substituents is 1. The van der Waals surface area contributed by atoms with E-state index in [2.05, 4.69) is 0 Å². The third kappa shape index (κ3) is 6.63. The van der Waals surface area contributed by atoms with Gasteiger partial charge >= 0.3 is 12.1 Å². The summed E-state index contributed by atoms with van der Waals surface area (Å²) >= 11 is 6.89. The number of carbonyl (C=O) groups is 2. The van der Waals surface area contributed by atoms with Crippen molar-refractivity contribution in [2.75, 3.05) is 11.1 Å². The maximum atomic E-state index is 13.2. The molecule has 0 heterocycles. The van der Waals surface area contributed by atoms with E-state index in [9.17, 15) is 32.9 Å². The second kappa shape index (κ2) is 9.81. The highest BCUT2D eigenvalue weighted by molar-refractivity contribution is 8.00. The molecule has 1 amide bonds. The van der Waals surface area contributed by atoms with Crippen molar-refractivity contribution in [1.82, 2.24) is 0 Å². The Kier molecular flexibility index (Phi) is 7.68. The van der Waals surface area contributed by atoms with Gasteiger partial charge in [-0.1, -0.05) is 11.6 Å². The molecule has 0 radical (unpaired) electrons. The zero-order valence-corrected chi connectivity index (χ0v) is 16.8. The molecule has 0 aliphatic heterocycles. The van der Waals surface area contributed by atoms with Crippen molar-refractivity contribution in [2.24, 2.45) is 0 Å². The monoisotopic (exact) mass is 462 g/mol. The number of nitro groups is 1. The van der Waals surface area contributed by atoms with E-state index in [0.29, 0.717) is 11.1 Å². The first-order chi connectivity index (χ1) is 14.0. The van der Waals surface area contributed by atoms with Gasteiger partial charge in [0.15, 0.2) is 6.10 Å². The van der Waals surface area contributed by atoms with Gasteiger partial charge in [0.2, 0.25) is 0 Å². The number of thioether (sulfide) groups is 1. The summed E-state index contributed by atoms with van der Waals surface area (Å²) in [5, 5.41) is 13.2. The third-order valence-electron chi connectivity index (χ3n) is 3.63. The van der Waals surface area contributed by atoms with Gasteiger partial charge in [0.05, 0.1) is 21.9 Å². The van der Waals surface area contributed by atoms with Gasteiger partial charge in [-0.05, 0) is 37.3 Å². The Morgan fingerprint density at radius 3 is 2.43 bits per heavy atom. The maximum absolute atomic E-state index is 13.2. The molecule has 160 valence electrons. The standard InChI is InChI=1S/C18H14ClF3N2O5S/c1-10(29-16(25)9-30-13-5-2-11(19)3-6-13)17(26)23-15-7-4-12(24(27)28)8-14(15)18(20,21)22/h2-8,10H,9H2,1H3,(H,23,26). The van der Waals surface area contributed by atoms with Crippen LogP contribution >= 0.6 is 23.4 Å². The summed E-state index contributed by atoms with van der Waals surface area (Å²) in [6.07, 6.45) is -6.33. The maximum Gasteiger partial charge on any atom is 0.418 e. The number of nitrogens with zero attached hydrogens (tertiary/aromatic N) is 1. The predicted molar refractivity (Wildman–Crippen MR) is 104 cm³/mol. The van der Waals surface area contributed by atoms with Crippen LogP contribution in [0.2, 0.25) is 5.02 Å². The van der Waals surface area contributed by atoms with Gasteiger partial charge in [-0.25, -0.2) is 0 Å². The largest absolute Gasteiger partial charge is 0.452 e. The van der Waals surface area contributed by atoms with E-state index < -0.39 is 46.0 Å². The van der Waals surface area contributed by atoms with Gasteiger partial charge in [0.25, 0.3) is 11.6 Å². The molecule has 0 fully saturated rings. The van der Waals surface area contributed by atoms with E-state index in [0.717, 1.165) is 28.8 Å². The lowest BCUT2D eigenvalue weighted by molar-refractivity contribution is -0.385. The van der Waals surface area contributed by atoms with E-state index in [1.54, 1.807) is 24.3 Å². The summed E-state index contributed by atoms with van der Waals surface area (Å²) in [6.45, 7) is 1.19. The van der Waals surface area contributed by atoms with Gasteiger partial charge in [-0.2, -0.15) is 13.2 Å². The molecule has 1 atom stereocenters. The first-order valence-electron chi connectivity index (χ1n) is 8.21. The van der Waals surface area contributed by atoms with Crippen molar-refractivity contribution in [3.8, 4) is 0 Å². The Bertz CT molecular complexity index is 954. The Labute approximate surface area is 177 Å². The molecular weight excluding hydrogens is 449 g/mol. The minimum atomic E-state index is -4.94. The van der Waals surface area contributed by atoms with Crippen LogP contribution < -0.4 is 5.32 Å². The van der Waals surface area contributed by atoms with Gasteiger partial charge in [0, 0.05) is 22.1 Å². The number of nitro benzene ring substituents is 1. The van der Waals surface area contributed by atoms with E-state index in [1.165, 1.54) is 6.92 Å². The minimum Gasteiger partial charge on any atom is -0.452 e. The quantitative estimate of drug-likeness (QED) is 0.271. The number of halogens is 4. The number of benzene rings is 2. The molecule has 2 rings (SSSR count). The number of ether oxygens (including phenoxy) is 1. The first-order valence-corrected chi connectivity index (χ1v) is 9.58. The molecule has 7 nitrogen and oxygen atoms in total. The molecule has 1 unspecified atom stereocenters. The van der Waals surface area contributed by atoms with E-state index >= 15 is 0 Å². The van der Waals surface area contributed by atoms with E-state index in [-0.39, 0.29) is 5.75 Å². The lowest BCUT2D eigenvalue weighted by atomic mass is 10.1. The fraction of sp³-hybridized carbons (Fsp3) is 0.222. The predicted octanol–water partition coefficient (Wildman–Crippen LogP) is 4.93. The number of rotatable bonds is 7. The van der Waals surface area contributed by atoms with Crippen LogP contribution in [0.25, 0.3) is 0 Å². The lowest BCUT2D eigenvalue weighted by Gasteiger charge is -2.16. The highest BCUT2D eigenvalue weighted by Gasteiger charge is 2.36. The molecule has 2 aromatic carbocycles. The number of nitrogens with one attached hydrogen (secondary N) is 1. The molecule has 0 spiro atoms. The number of anilines is 1. The number of amides is 1. The van der Waals surface area contributed by atoms with Gasteiger partial charge < -0.3 is 10.1 Å². The number of esters is 1. The average molecular weight is 463 g/mol. The van der Waals surface area contributed by atoms with Crippen LogP contribution in [0.4, 0.5) is 24.5 Å². The van der Waals surface area contributed by atoms with Crippen LogP contribution in [0, 0.1) is 10.1 Å². The molecule has 12 heteroatoms. The average Bonchev–Trinajstić information content (AvgIpc) is 2.66. The Balaban J connectivity index is 2.00. The second-order valence-electron chi connectivity index (χ2n) is 5.85. The summed E-state index contributed by atoms with van der Waals surface area (Å²) in [5.41, 5.74) is -2.85. The van der Waals surface area contributed by atoms with Crippen LogP contribution in [-0.4, -0.2) is 28.7 Å². The number of hydrogen-bond donors (Lipinski definition) is 1. The topological polar surface area (TPSA) is 98.5 Å². The zero-order chi connectivity index (χ0) is 22.5. The SMILES string of the molecule is CC(OC(=O)CSc1ccc(Cl)cc1)C(=O)Nc1ccc([N+](=O)[O-])cc1C(F)(F)F. The summed E-state index contributed by atoms with van der Waals surface area (Å²) in [5.74, 6) is -1.90. The number of carbonyl (C=O) groups excluding carboxylic acids is 2. The normalized spacial score (nSPS) is 12.2. The van der Waals surface area contributed by atoms with Crippen LogP contribution in [0.15, 0.2) is 47.4 Å². The Morgan fingerprint density at radius 2 is 1.87 bits per heavy atom. The highest BCUT2D eigenvalue weighted by Crippen LogP contribution is 2.37. The zero-order valence-electron chi connectivity index (χ0n) is 15.2. The molecule has 0 aliphatic rings. The third-order valence-corrected chi connectivity index (χ3v) is 4.86. The van der Waals surface area contributed by atoms with Crippen molar-refractivity contribution in [1.29, 1.82) is 0 Å². The smallest absolute Gasteiger partial charge is 0.418 e. The molecular formula is C18H14ClF3N2O5S. The van der Waals surface area contributed by atoms with Crippen molar-refractivity contribution >= 4 is 46.6 Å². The van der Waals surface area contributed by atoms with Crippen molar-refractivity contribution < 1.29 is 32.4 Å². The van der Waals surface area contributed by atoms with Gasteiger partial charge in [-0.3, -0.25) is 19.7 Å². The van der Waals surface area contributed by atoms with Gasteiger partial charge in [-0.15, -0.1) is 11.8 Å². The lowest BCUT2D eigenvalue weighted by Crippen LogP contribution is -2.31. The summed E-state index contributed by atoms with van der Waals surface area (Å²) in [6, 6.07) is 8.54. The van der Waals surface area contributed by atoms with E-state index in [1.807, 2.05) is 5.32 Å². The minimum absolute atomic E-state index is 0.134. The van der Waals surface area contributed by atoms with Gasteiger partial charge in [0.1, 0.15) is 0 Å². The molecule has 0 saturated heterocycles. The fourth-order valence-electron chi connectivity index (χ4n) is 2.18. The molecule has 2 aromatic rings. The fourth-order valence-corrected chi connectivity index (χ4v) is 2.99. The summed E-state index contributed by atoms with van der Waals surface area (Å²) in [7, 11) is 0. The number of alkyl halides is 3. The number of hydrogen-bond acceptors (Lipinski definition) is 6. The molecule has 0 bridgehead atoms. The Morgan fingerprint density at radius 1 is 1.23 bits per heavy atom. The van der Waals surface area contributed by atoms with E-state index in [4.69, 9.17) is 16.3 Å². The molecule has 1 N–H and O–H groups in total. The molecule has 0 aliphatic carbocycles. The second-order valence-corrected chi connectivity index (χ2v) is 7.33. The van der Waals surface area contributed by atoms with Crippen LogP contribution in [0.5, 0.6) is 0 Å². The molecule has 0 aromatic heterocycles. The van der Waals surface area contributed by atoms with Crippen LogP contribution in [0.3, 0.4) is 0 Å². The molecule has 30 heavy (non-hydrogen) atoms. The van der Waals surface area contributed by atoms with Crippen LogP contribution in [-0.2, 0) is 20.5 Å². The first kappa shape index (κ1) is 23.5. The van der Waals surface area contributed by atoms with Crippen LogP contribution in [0.1, 0.15) is 12.5 Å².